The van der Waals surface area contributed by atoms with Crippen molar-refractivity contribution in [2.75, 3.05) is 19.4 Å². The number of alkyl halides is 3. The Bertz CT molecular complexity index is 959. The van der Waals surface area contributed by atoms with E-state index in [0.29, 0.717) is 5.84 Å². The van der Waals surface area contributed by atoms with E-state index in [1.54, 1.807) is 25.6 Å². The molecule has 0 saturated heterocycles. The van der Waals surface area contributed by atoms with E-state index in [2.05, 4.69) is 5.32 Å². The molecule has 2 aromatic rings. The molecule has 28 heavy (non-hydrogen) atoms. The first kappa shape index (κ1) is 21.8. The molecule has 0 atom stereocenters. The number of hydrogen-bond donors (Lipinski definition) is 1. The molecular formula is C17H15Cl2F3N3O3+. The number of benzene rings is 2. The van der Waals surface area contributed by atoms with Gasteiger partial charge < -0.3 is 4.74 Å². The largest absolute Gasteiger partial charge is 0.454 e. The summed E-state index contributed by atoms with van der Waals surface area (Å²) in [6.45, 7) is 1.68. The Labute approximate surface area is 168 Å². The lowest BCUT2D eigenvalue weighted by Crippen LogP contribution is -2.19. The maximum atomic E-state index is 12.8. The van der Waals surface area contributed by atoms with Crippen LogP contribution in [-0.4, -0.2) is 29.4 Å². The molecule has 11 heteroatoms. The minimum atomic E-state index is -4.55. The summed E-state index contributed by atoms with van der Waals surface area (Å²) in [6.07, 6.45) is -4.55. The van der Waals surface area contributed by atoms with Crippen molar-refractivity contribution in [1.29, 1.82) is 0 Å². The van der Waals surface area contributed by atoms with Crippen molar-refractivity contribution in [2.45, 2.75) is 13.1 Å². The summed E-state index contributed by atoms with van der Waals surface area (Å²) in [4.78, 5) is 10.7. The van der Waals surface area contributed by atoms with E-state index in [4.69, 9.17) is 27.9 Å². The Balaban J connectivity index is 2.47. The molecule has 0 fully saturated rings. The van der Waals surface area contributed by atoms with Crippen LogP contribution >= 0.6 is 23.2 Å². The van der Waals surface area contributed by atoms with Crippen molar-refractivity contribution in [2.24, 2.45) is 0 Å². The smallest absolute Gasteiger partial charge is 0.416 e. The topological polar surface area (TPSA) is 67.4 Å². The van der Waals surface area contributed by atoms with Crippen LogP contribution in [0.1, 0.15) is 12.5 Å². The predicted octanol–water partition coefficient (Wildman–Crippen LogP) is 5.82. The van der Waals surface area contributed by atoms with Gasteiger partial charge in [-0.05, 0) is 24.3 Å². The molecule has 0 aromatic heterocycles. The zero-order valence-corrected chi connectivity index (χ0v) is 16.4. The number of nitro groups is 1. The first-order chi connectivity index (χ1) is 12.9. The molecule has 150 valence electrons. The number of rotatable bonds is 4. The molecule has 0 heterocycles. The van der Waals surface area contributed by atoms with Crippen LogP contribution in [0.3, 0.4) is 0 Å². The minimum Gasteiger partial charge on any atom is -0.454 e. The standard InChI is InChI=1S/C17H14Cl2F3N3O3/c1-9(24(2)3)23-16-12(25(26)27)5-7-14(15(16)19)28-13-6-4-10(8-11(13)18)17(20,21)22/h4-8H,1-3H3/p+1. The van der Waals surface area contributed by atoms with Crippen LogP contribution in [0.2, 0.25) is 10.0 Å². The van der Waals surface area contributed by atoms with Crippen molar-refractivity contribution < 1.29 is 27.4 Å². The molecule has 2 rings (SSSR count). The molecule has 0 bridgehead atoms. The van der Waals surface area contributed by atoms with Crippen molar-refractivity contribution in [3.8, 4) is 11.5 Å². The number of ether oxygens (including phenoxy) is 1. The average molecular weight is 437 g/mol. The van der Waals surface area contributed by atoms with Crippen LogP contribution in [0, 0.1) is 10.1 Å². The summed E-state index contributed by atoms with van der Waals surface area (Å²) < 4.78 is 45.4. The van der Waals surface area contributed by atoms with Crippen molar-refractivity contribution in [3.05, 3.63) is 56.1 Å². The number of halogens is 5. The number of nitrogens with zero attached hydrogens (tertiary/aromatic N) is 2. The number of nitro benzene ring substituents is 1. The zero-order valence-electron chi connectivity index (χ0n) is 14.9. The van der Waals surface area contributed by atoms with Crippen LogP contribution in [0.25, 0.3) is 0 Å². The summed E-state index contributed by atoms with van der Waals surface area (Å²) in [6, 6.07) is 4.99. The Hall–Kier alpha value is -2.52. The SMILES string of the molecule is CC(Nc1c([N+](=O)[O-])ccc(Oc2ccc(C(F)(F)F)cc2Cl)c1Cl)=[N+](C)C. The number of anilines is 1. The van der Waals surface area contributed by atoms with Gasteiger partial charge in [-0.15, -0.1) is 0 Å². The third-order valence-electron chi connectivity index (χ3n) is 3.74. The first-order valence-corrected chi connectivity index (χ1v) is 8.46. The fourth-order valence-electron chi connectivity index (χ4n) is 2.07. The molecule has 0 aliphatic heterocycles. The monoisotopic (exact) mass is 436 g/mol. The molecule has 2 aromatic carbocycles. The highest BCUT2D eigenvalue weighted by Crippen LogP contribution is 2.43. The van der Waals surface area contributed by atoms with E-state index in [-0.39, 0.29) is 32.9 Å². The van der Waals surface area contributed by atoms with Crippen molar-refractivity contribution in [3.63, 3.8) is 0 Å². The zero-order chi connectivity index (χ0) is 21.2. The molecule has 0 aliphatic carbocycles. The van der Waals surface area contributed by atoms with Gasteiger partial charge in [0.2, 0.25) is 11.5 Å². The molecular weight excluding hydrogens is 422 g/mol. The Morgan fingerprint density at radius 3 is 2.25 bits per heavy atom. The lowest BCUT2D eigenvalue weighted by Gasteiger charge is -2.13. The molecule has 0 amide bonds. The second-order valence-corrected chi connectivity index (χ2v) is 6.66. The van der Waals surface area contributed by atoms with Gasteiger partial charge in [0.1, 0.15) is 10.8 Å². The summed E-state index contributed by atoms with van der Waals surface area (Å²) in [5.41, 5.74) is -1.24. The van der Waals surface area contributed by atoms with E-state index in [1.807, 2.05) is 0 Å². The van der Waals surface area contributed by atoms with Crippen molar-refractivity contribution >= 4 is 40.4 Å². The lowest BCUT2D eigenvalue weighted by molar-refractivity contribution is -0.464. The quantitative estimate of drug-likeness (QED) is 0.215. The maximum Gasteiger partial charge on any atom is 0.416 e. The molecule has 0 aliphatic rings. The van der Waals surface area contributed by atoms with Gasteiger partial charge >= 0.3 is 11.9 Å². The van der Waals surface area contributed by atoms with E-state index in [0.717, 1.165) is 18.2 Å². The van der Waals surface area contributed by atoms with E-state index in [1.165, 1.54) is 12.1 Å². The molecule has 0 spiro atoms. The summed E-state index contributed by atoms with van der Waals surface area (Å²) >= 11 is 12.1. The van der Waals surface area contributed by atoms with Gasteiger partial charge in [0.15, 0.2) is 5.75 Å². The molecule has 0 radical (unpaired) electrons. The van der Waals surface area contributed by atoms with Crippen molar-refractivity contribution in [1.82, 2.24) is 0 Å². The highest BCUT2D eigenvalue weighted by Gasteiger charge is 2.31. The average Bonchev–Trinajstić information content (AvgIpc) is 2.58. The van der Waals surface area contributed by atoms with Crippen LogP contribution < -0.4 is 10.1 Å². The molecule has 1 N–H and O–H groups in total. The van der Waals surface area contributed by atoms with E-state index < -0.39 is 16.7 Å². The molecule has 0 saturated carbocycles. The van der Waals surface area contributed by atoms with Gasteiger partial charge in [-0.3, -0.25) is 14.7 Å². The predicted molar refractivity (Wildman–Crippen MR) is 101 cm³/mol. The summed E-state index contributed by atoms with van der Waals surface area (Å²) in [5, 5.41) is 13.7. The van der Waals surface area contributed by atoms with Gasteiger partial charge in [0, 0.05) is 13.0 Å². The summed E-state index contributed by atoms with van der Waals surface area (Å²) in [5.74, 6) is 0.474. The second-order valence-electron chi connectivity index (χ2n) is 5.88. The van der Waals surface area contributed by atoms with Gasteiger partial charge in [-0.25, -0.2) is 5.32 Å². The third-order valence-corrected chi connectivity index (χ3v) is 4.41. The normalized spacial score (nSPS) is 11.1. The van der Waals surface area contributed by atoms with Crippen LogP contribution in [0.15, 0.2) is 30.3 Å². The van der Waals surface area contributed by atoms with E-state index in [9.17, 15) is 23.3 Å². The second kappa shape index (κ2) is 8.24. The summed E-state index contributed by atoms with van der Waals surface area (Å²) in [7, 11) is 3.45. The van der Waals surface area contributed by atoms with Gasteiger partial charge in [0.05, 0.1) is 29.6 Å². The molecule has 6 nitrogen and oxygen atoms in total. The minimum absolute atomic E-state index is 0.0111. The first-order valence-electron chi connectivity index (χ1n) is 7.71. The number of nitrogens with one attached hydrogen (secondary N) is 1. The van der Waals surface area contributed by atoms with Crippen LogP contribution in [0.5, 0.6) is 11.5 Å². The van der Waals surface area contributed by atoms with Gasteiger partial charge in [-0.1, -0.05) is 23.2 Å². The van der Waals surface area contributed by atoms with E-state index >= 15 is 0 Å². The number of amidine groups is 1. The van der Waals surface area contributed by atoms with Gasteiger partial charge in [-0.2, -0.15) is 13.2 Å². The van der Waals surface area contributed by atoms with Crippen LogP contribution in [0.4, 0.5) is 24.5 Å². The lowest BCUT2D eigenvalue weighted by atomic mass is 10.2. The Morgan fingerprint density at radius 1 is 1.14 bits per heavy atom. The fraction of sp³-hybridized carbons (Fsp3) is 0.235. The van der Waals surface area contributed by atoms with Gasteiger partial charge in [0.25, 0.3) is 0 Å². The fourth-order valence-corrected chi connectivity index (χ4v) is 2.53. The molecule has 0 unspecified atom stereocenters. The number of hydrogen-bond acceptors (Lipinski definition) is 3. The highest BCUT2D eigenvalue weighted by molar-refractivity contribution is 6.36. The third kappa shape index (κ3) is 4.85. The Kier molecular flexibility index (Phi) is 6.41. The van der Waals surface area contributed by atoms with Crippen LogP contribution in [-0.2, 0) is 6.18 Å². The highest BCUT2D eigenvalue weighted by atomic mass is 35.5. The Morgan fingerprint density at radius 2 is 1.75 bits per heavy atom. The maximum absolute atomic E-state index is 12.8.